The van der Waals surface area contributed by atoms with Gasteiger partial charge in [-0.05, 0) is 37.6 Å². The highest BCUT2D eigenvalue weighted by Crippen LogP contribution is 2.36. The SMILES string of the molecule is CCCNC(C)/C=C/c1cc(Cl)c(OC)c(OC)c1. The lowest BCUT2D eigenvalue weighted by atomic mass is 10.1. The number of halogens is 1. The Balaban J connectivity index is 2.84. The summed E-state index contributed by atoms with van der Waals surface area (Å²) in [5.74, 6) is 1.21. The fourth-order valence-corrected chi connectivity index (χ4v) is 2.03. The van der Waals surface area contributed by atoms with E-state index in [0.29, 0.717) is 22.6 Å². The first-order valence-corrected chi connectivity index (χ1v) is 6.83. The normalized spacial score (nSPS) is 12.7. The van der Waals surface area contributed by atoms with Gasteiger partial charge in [0.25, 0.3) is 0 Å². The molecule has 1 aromatic rings. The predicted octanol–water partition coefficient (Wildman–Crippen LogP) is 3.76. The number of methoxy groups -OCH3 is 2. The van der Waals surface area contributed by atoms with Crippen LogP contribution in [-0.2, 0) is 0 Å². The zero-order chi connectivity index (χ0) is 14.3. The van der Waals surface area contributed by atoms with Crippen molar-refractivity contribution in [2.45, 2.75) is 26.3 Å². The molecule has 4 heteroatoms. The summed E-state index contributed by atoms with van der Waals surface area (Å²) in [4.78, 5) is 0. The Kier molecular flexibility index (Phi) is 6.74. The van der Waals surface area contributed by atoms with Gasteiger partial charge in [0, 0.05) is 6.04 Å². The second-order valence-corrected chi connectivity index (χ2v) is 4.75. The molecule has 19 heavy (non-hydrogen) atoms. The maximum atomic E-state index is 6.16. The molecule has 0 aromatic heterocycles. The zero-order valence-electron chi connectivity index (χ0n) is 12.0. The molecule has 3 nitrogen and oxygen atoms in total. The van der Waals surface area contributed by atoms with Crippen LogP contribution in [0.15, 0.2) is 18.2 Å². The largest absolute Gasteiger partial charge is 0.493 e. The Morgan fingerprint density at radius 1 is 1.32 bits per heavy atom. The minimum atomic E-state index is 0.326. The van der Waals surface area contributed by atoms with E-state index in [1.165, 1.54) is 0 Å². The number of nitrogens with one attached hydrogen (secondary N) is 1. The third kappa shape index (κ3) is 4.77. The molecule has 0 aliphatic rings. The van der Waals surface area contributed by atoms with Crippen molar-refractivity contribution < 1.29 is 9.47 Å². The molecule has 0 spiro atoms. The highest BCUT2D eigenvalue weighted by atomic mass is 35.5. The molecule has 1 atom stereocenters. The molecular weight excluding hydrogens is 262 g/mol. The van der Waals surface area contributed by atoms with Gasteiger partial charge in [-0.2, -0.15) is 0 Å². The van der Waals surface area contributed by atoms with Crippen molar-refractivity contribution in [3.8, 4) is 11.5 Å². The first-order valence-electron chi connectivity index (χ1n) is 6.45. The van der Waals surface area contributed by atoms with Gasteiger partial charge in [-0.15, -0.1) is 0 Å². The topological polar surface area (TPSA) is 30.5 Å². The Morgan fingerprint density at radius 3 is 2.63 bits per heavy atom. The van der Waals surface area contributed by atoms with Gasteiger partial charge in [0.15, 0.2) is 11.5 Å². The van der Waals surface area contributed by atoms with Gasteiger partial charge in [0.2, 0.25) is 0 Å². The summed E-state index contributed by atoms with van der Waals surface area (Å²) in [6.45, 7) is 5.28. The van der Waals surface area contributed by atoms with E-state index in [1.807, 2.05) is 18.2 Å². The van der Waals surface area contributed by atoms with E-state index in [-0.39, 0.29) is 0 Å². The molecule has 0 aliphatic heterocycles. The molecule has 1 N–H and O–H groups in total. The molecule has 0 amide bonds. The quantitative estimate of drug-likeness (QED) is 0.826. The fraction of sp³-hybridized carbons (Fsp3) is 0.467. The van der Waals surface area contributed by atoms with E-state index in [2.05, 4.69) is 25.2 Å². The van der Waals surface area contributed by atoms with E-state index in [0.717, 1.165) is 18.5 Å². The summed E-state index contributed by atoms with van der Waals surface area (Å²) in [6, 6.07) is 4.10. The monoisotopic (exact) mass is 283 g/mol. The van der Waals surface area contributed by atoms with E-state index in [1.54, 1.807) is 14.2 Å². The third-order valence-electron chi connectivity index (χ3n) is 2.75. The Labute approximate surface area is 120 Å². The summed E-state index contributed by atoms with van der Waals surface area (Å²) < 4.78 is 10.5. The predicted molar refractivity (Wildman–Crippen MR) is 81.3 cm³/mol. The number of hydrogen-bond donors (Lipinski definition) is 1. The number of benzene rings is 1. The van der Waals surface area contributed by atoms with E-state index in [4.69, 9.17) is 21.1 Å². The number of hydrogen-bond acceptors (Lipinski definition) is 3. The molecule has 0 radical (unpaired) electrons. The highest BCUT2D eigenvalue weighted by Gasteiger charge is 2.09. The molecule has 0 bridgehead atoms. The summed E-state index contributed by atoms with van der Waals surface area (Å²) in [6.07, 6.45) is 5.26. The van der Waals surface area contributed by atoms with Crippen molar-refractivity contribution in [3.05, 3.63) is 28.8 Å². The first kappa shape index (κ1) is 15.9. The Bertz CT molecular complexity index is 432. The van der Waals surface area contributed by atoms with Crippen molar-refractivity contribution in [2.75, 3.05) is 20.8 Å². The van der Waals surface area contributed by atoms with Crippen LogP contribution in [0.1, 0.15) is 25.8 Å². The van der Waals surface area contributed by atoms with Gasteiger partial charge in [0.05, 0.1) is 19.2 Å². The van der Waals surface area contributed by atoms with Crippen molar-refractivity contribution >= 4 is 17.7 Å². The van der Waals surface area contributed by atoms with Crippen LogP contribution in [0.25, 0.3) is 6.08 Å². The maximum Gasteiger partial charge on any atom is 0.179 e. The number of rotatable bonds is 7. The van der Waals surface area contributed by atoms with Crippen molar-refractivity contribution in [1.29, 1.82) is 0 Å². The van der Waals surface area contributed by atoms with E-state index < -0.39 is 0 Å². The van der Waals surface area contributed by atoms with Gasteiger partial charge in [-0.1, -0.05) is 30.7 Å². The molecule has 0 saturated carbocycles. The zero-order valence-corrected chi connectivity index (χ0v) is 12.8. The number of ether oxygens (including phenoxy) is 2. The van der Waals surface area contributed by atoms with Gasteiger partial charge >= 0.3 is 0 Å². The van der Waals surface area contributed by atoms with Gasteiger partial charge in [-0.25, -0.2) is 0 Å². The summed E-state index contributed by atoms with van der Waals surface area (Å²) in [7, 11) is 3.18. The fourth-order valence-electron chi connectivity index (χ4n) is 1.73. The maximum absolute atomic E-state index is 6.16. The van der Waals surface area contributed by atoms with Crippen LogP contribution >= 0.6 is 11.6 Å². The second-order valence-electron chi connectivity index (χ2n) is 4.34. The standard InChI is InChI=1S/C15H22ClNO2/c1-5-8-17-11(2)6-7-12-9-13(16)15(19-4)14(10-12)18-3/h6-7,9-11,17H,5,8H2,1-4H3/b7-6+. The second kappa shape index (κ2) is 8.08. The molecule has 1 unspecified atom stereocenters. The molecule has 106 valence electrons. The minimum absolute atomic E-state index is 0.326. The lowest BCUT2D eigenvalue weighted by Gasteiger charge is -2.11. The van der Waals surface area contributed by atoms with Crippen molar-refractivity contribution in [2.24, 2.45) is 0 Å². The van der Waals surface area contributed by atoms with Crippen molar-refractivity contribution in [3.63, 3.8) is 0 Å². The van der Waals surface area contributed by atoms with E-state index in [9.17, 15) is 0 Å². The Hall–Kier alpha value is -1.19. The van der Waals surface area contributed by atoms with Crippen molar-refractivity contribution in [1.82, 2.24) is 5.32 Å². The van der Waals surface area contributed by atoms with Gasteiger partial charge in [-0.3, -0.25) is 0 Å². The molecule has 0 aliphatic carbocycles. The molecular formula is C15H22ClNO2. The van der Waals surface area contributed by atoms with Crippen LogP contribution in [0.5, 0.6) is 11.5 Å². The lowest BCUT2D eigenvalue weighted by molar-refractivity contribution is 0.355. The molecule has 0 saturated heterocycles. The minimum Gasteiger partial charge on any atom is -0.493 e. The Morgan fingerprint density at radius 2 is 2.05 bits per heavy atom. The smallest absolute Gasteiger partial charge is 0.179 e. The lowest BCUT2D eigenvalue weighted by Crippen LogP contribution is -2.24. The van der Waals surface area contributed by atoms with Crippen LogP contribution in [-0.4, -0.2) is 26.8 Å². The van der Waals surface area contributed by atoms with E-state index >= 15 is 0 Å². The van der Waals surface area contributed by atoms with Crippen LogP contribution in [0.2, 0.25) is 5.02 Å². The highest BCUT2D eigenvalue weighted by molar-refractivity contribution is 6.32. The molecule has 1 rings (SSSR count). The summed E-state index contributed by atoms with van der Waals surface area (Å²) in [5.41, 5.74) is 0.993. The van der Waals surface area contributed by atoms with Gasteiger partial charge < -0.3 is 14.8 Å². The first-order chi connectivity index (χ1) is 9.12. The summed E-state index contributed by atoms with van der Waals surface area (Å²) in [5, 5.41) is 3.94. The molecule has 0 fully saturated rings. The van der Waals surface area contributed by atoms with Crippen LogP contribution in [0.3, 0.4) is 0 Å². The molecule has 0 heterocycles. The third-order valence-corrected chi connectivity index (χ3v) is 3.03. The average Bonchev–Trinajstić information content (AvgIpc) is 2.42. The molecule has 1 aromatic carbocycles. The van der Waals surface area contributed by atoms with Crippen LogP contribution < -0.4 is 14.8 Å². The van der Waals surface area contributed by atoms with Crippen LogP contribution in [0.4, 0.5) is 0 Å². The summed E-state index contributed by atoms with van der Waals surface area (Å²) >= 11 is 6.16. The van der Waals surface area contributed by atoms with Crippen LogP contribution in [0, 0.1) is 0 Å². The van der Waals surface area contributed by atoms with Gasteiger partial charge in [0.1, 0.15) is 0 Å². The average molecular weight is 284 g/mol.